The zero-order valence-electron chi connectivity index (χ0n) is 9.82. The Bertz CT molecular complexity index is 370. The number of nitrogen functional groups attached to an aromatic ring is 1. The first-order chi connectivity index (χ1) is 8.25. The maximum Gasteiger partial charge on any atom is 0.251 e. The molecule has 4 nitrogen and oxygen atoms in total. The first-order valence-corrected chi connectivity index (χ1v) is 5.97. The highest BCUT2D eigenvalue weighted by atomic mass is 16.5. The van der Waals surface area contributed by atoms with Gasteiger partial charge in [-0.15, -0.1) is 0 Å². The SMILES string of the molecule is Nc1ccc(C(=O)NCC2CCOCC2)cc1. The number of nitrogens with two attached hydrogens (primary N) is 1. The lowest BCUT2D eigenvalue weighted by atomic mass is 10.0. The Morgan fingerprint density at radius 3 is 2.59 bits per heavy atom. The molecule has 0 atom stereocenters. The lowest BCUT2D eigenvalue weighted by Crippen LogP contribution is -2.32. The summed E-state index contributed by atoms with van der Waals surface area (Å²) in [5, 5.41) is 2.95. The van der Waals surface area contributed by atoms with E-state index >= 15 is 0 Å². The summed E-state index contributed by atoms with van der Waals surface area (Å²) in [6.45, 7) is 2.34. The number of carbonyl (C=O) groups is 1. The number of hydrogen-bond acceptors (Lipinski definition) is 3. The summed E-state index contributed by atoms with van der Waals surface area (Å²) in [7, 11) is 0. The van der Waals surface area contributed by atoms with Crippen LogP contribution < -0.4 is 11.1 Å². The summed E-state index contributed by atoms with van der Waals surface area (Å²) in [4.78, 5) is 11.8. The summed E-state index contributed by atoms with van der Waals surface area (Å²) in [6.07, 6.45) is 2.06. The summed E-state index contributed by atoms with van der Waals surface area (Å²) >= 11 is 0. The van der Waals surface area contributed by atoms with Crippen LogP contribution in [0.4, 0.5) is 5.69 Å². The standard InChI is InChI=1S/C13H18N2O2/c14-12-3-1-11(2-4-12)13(16)15-9-10-5-7-17-8-6-10/h1-4,10H,5-9,14H2,(H,15,16). The molecule has 1 aromatic carbocycles. The van der Waals surface area contributed by atoms with Gasteiger partial charge in [0.15, 0.2) is 0 Å². The van der Waals surface area contributed by atoms with E-state index in [1.807, 2.05) is 0 Å². The molecule has 0 bridgehead atoms. The molecule has 1 aliphatic rings. The zero-order valence-corrected chi connectivity index (χ0v) is 9.82. The molecule has 0 saturated carbocycles. The smallest absolute Gasteiger partial charge is 0.251 e. The summed E-state index contributed by atoms with van der Waals surface area (Å²) in [5.41, 5.74) is 6.90. The predicted octanol–water partition coefficient (Wildman–Crippen LogP) is 1.43. The topological polar surface area (TPSA) is 64.4 Å². The zero-order chi connectivity index (χ0) is 12.1. The van der Waals surface area contributed by atoms with Crippen molar-refractivity contribution in [2.75, 3.05) is 25.5 Å². The van der Waals surface area contributed by atoms with E-state index in [1.54, 1.807) is 24.3 Å². The van der Waals surface area contributed by atoms with E-state index in [0.717, 1.165) is 32.6 Å². The average Bonchev–Trinajstić information content (AvgIpc) is 2.38. The van der Waals surface area contributed by atoms with E-state index in [-0.39, 0.29) is 5.91 Å². The maximum atomic E-state index is 11.8. The highest BCUT2D eigenvalue weighted by molar-refractivity contribution is 5.94. The number of rotatable bonds is 3. The normalized spacial score (nSPS) is 16.7. The molecule has 1 fully saturated rings. The van der Waals surface area contributed by atoms with Crippen LogP contribution in [-0.2, 0) is 4.74 Å². The van der Waals surface area contributed by atoms with Crippen molar-refractivity contribution in [2.45, 2.75) is 12.8 Å². The number of carbonyl (C=O) groups excluding carboxylic acids is 1. The molecule has 17 heavy (non-hydrogen) atoms. The Morgan fingerprint density at radius 1 is 1.29 bits per heavy atom. The van der Waals surface area contributed by atoms with Gasteiger partial charge in [0.05, 0.1) is 0 Å². The molecule has 1 amide bonds. The molecule has 0 unspecified atom stereocenters. The molecule has 0 aromatic heterocycles. The van der Waals surface area contributed by atoms with E-state index in [1.165, 1.54) is 0 Å². The largest absolute Gasteiger partial charge is 0.399 e. The van der Waals surface area contributed by atoms with Crippen molar-refractivity contribution in [3.05, 3.63) is 29.8 Å². The molecule has 0 aliphatic carbocycles. The fourth-order valence-corrected chi connectivity index (χ4v) is 1.92. The van der Waals surface area contributed by atoms with E-state index in [0.29, 0.717) is 17.2 Å². The number of benzene rings is 1. The summed E-state index contributed by atoms with van der Waals surface area (Å²) in [6, 6.07) is 6.97. The number of ether oxygens (including phenoxy) is 1. The van der Waals surface area contributed by atoms with Crippen molar-refractivity contribution in [1.29, 1.82) is 0 Å². The Kier molecular flexibility index (Phi) is 3.98. The molecule has 1 heterocycles. The molecule has 0 spiro atoms. The predicted molar refractivity (Wildman–Crippen MR) is 66.7 cm³/mol. The lowest BCUT2D eigenvalue weighted by Gasteiger charge is -2.22. The Morgan fingerprint density at radius 2 is 1.94 bits per heavy atom. The van der Waals surface area contributed by atoms with E-state index in [2.05, 4.69) is 5.32 Å². The number of hydrogen-bond donors (Lipinski definition) is 2. The van der Waals surface area contributed by atoms with Crippen LogP contribution in [0.2, 0.25) is 0 Å². The number of anilines is 1. The van der Waals surface area contributed by atoms with Crippen molar-refractivity contribution in [3.63, 3.8) is 0 Å². The minimum absolute atomic E-state index is 0.0310. The van der Waals surface area contributed by atoms with Gasteiger partial charge in [-0.1, -0.05) is 0 Å². The van der Waals surface area contributed by atoms with E-state index in [9.17, 15) is 4.79 Å². The van der Waals surface area contributed by atoms with Crippen molar-refractivity contribution in [2.24, 2.45) is 5.92 Å². The molecule has 1 aliphatic heterocycles. The minimum atomic E-state index is -0.0310. The molecule has 1 saturated heterocycles. The second kappa shape index (κ2) is 5.68. The highest BCUT2D eigenvalue weighted by Gasteiger charge is 2.14. The van der Waals surface area contributed by atoms with Crippen LogP contribution in [-0.4, -0.2) is 25.7 Å². The van der Waals surface area contributed by atoms with Crippen molar-refractivity contribution in [1.82, 2.24) is 5.32 Å². The first kappa shape index (κ1) is 11.9. The van der Waals surface area contributed by atoms with E-state index < -0.39 is 0 Å². The lowest BCUT2D eigenvalue weighted by molar-refractivity contribution is 0.0642. The van der Waals surface area contributed by atoms with E-state index in [4.69, 9.17) is 10.5 Å². The van der Waals surface area contributed by atoms with Gasteiger partial charge in [-0.25, -0.2) is 0 Å². The van der Waals surface area contributed by atoms with Crippen LogP contribution in [0.25, 0.3) is 0 Å². The molecule has 92 valence electrons. The molecule has 0 radical (unpaired) electrons. The van der Waals surface area contributed by atoms with Gasteiger partial charge in [-0.3, -0.25) is 4.79 Å². The van der Waals surface area contributed by atoms with Crippen LogP contribution in [0.1, 0.15) is 23.2 Å². The molecular formula is C13H18N2O2. The molecule has 3 N–H and O–H groups in total. The average molecular weight is 234 g/mol. The van der Waals surface area contributed by atoms with Gasteiger partial charge < -0.3 is 15.8 Å². The van der Waals surface area contributed by atoms with Gasteiger partial charge in [-0.2, -0.15) is 0 Å². The van der Waals surface area contributed by atoms with Crippen LogP contribution in [0.15, 0.2) is 24.3 Å². The van der Waals surface area contributed by atoms with Crippen molar-refractivity contribution < 1.29 is 9.53 Å². The summed E-state index contributed by atoms with van der Waals surface area (Å²) in [5.74, 6) is 0.512. The second-order valence-electron chi connectivity index (χ2n) is 4.39. The van der Waals surface area contributed by atoms with Crippen LogP contribution in [0.3, 0.4) is 0 Å². The number of amides is 1. The Labute approximate surface area is 101 Å². The van der Waals surface area contributed by atoms with Crippen LogP contribution in [0.5, 0.6) is 0 Å². The van der Waals surface area contributed by atoms with Gasteiger partial charge >= 0.3 is 0 Å². The molecule has 1 aromatic rings. The monoisotopic (exact) mass is 234 g/mol. The van der Waals surface area contributed by atoms with Crippen LogP contribution >= 0.6 is 0 Å². The molecule has 4 heteroatoms. The maximum absolute atomic E-state index is 11.8. The Balaban J connectivity index is 1.82. The van der Waals surface area contributed by atoms with Gasteiger partial charge in [0.25, 0.3) is 5.91 Å². The van der Waals surface area contributed by atoms with Gasteiger partial charge in [0, 0.05) is 31.0 Å². The third kappa shape index (κ3) is 3.46. The second-order valence-corrected chi connectivity index (χ2v) is 4.39. The fourth-order valence-electron chi connectivity index (χ4n) is 1.92. The van der Waals surface area contributed by atoms with Gasteiger partial charge in [0.1, 0.15) is 0 Å². The number of nitrogens with one attached hydrogen (secondary N) is 1. The first-order valence-electron chi connectivity index (χ1n) is 5.97. The van der Waals surface area contributed by atoms with Gasteiger partial charge in [0.2, 0.25) is 0 Å². The fraction of sp³-hybridized carbons (Fsp3) is 0.462. The van der Waals surface area contributed by atoms with Crippen molar-refractivity contribution >= 4 is 11.6 Å². The minimum Gasteiger partial charge on any atom is -0.399 e. The Hall–Kier alpha value is -1.55. The quantitative estimate of drug-likeness (QED) is 0.777. The highest BCUT2D eigenvalue weighted by Crippen LogP contribution is 2.13. The third-order valence-electron chi connectivity index (χ3n) is 3.07. The molecular weight excluding hydrogens is 216 g/mol. The van der Waals surface area contributed by atoms with Crippen LogP contribution in [0, 0.1) is 5.92 Å². The van der Waals surface area contributed by atoms with Crippen molar-refractivity contribution in [3.8, 4) is 0 Å². The van der Waals surface area contributed by atoms with Gasteiger partial charge in [-0.05, 0) is 43.0 Å². The summed E-state index contributed by atoms with van der Waals surface area (Å²) < 4.78 is 5.28. The third-order valence-corrected chi connectivity index (χ3v) is 3.07. The molecule has 2 rings (SSSR count).